The average molecular weight is 433 g/mol. The van der Waals surface area contributed by atoms with Crippen molar-refractivity contribution in [3.63, 3.8) is 0 Å². The number of hydrogen-bond donors (Lipinski definition) is 2. The lowest BCUT2D eigenvalue weighted by Gasteiger charge is -2.49. The highest BCUT2D eigenvalue weighted by Gasteiger charge is 2.46. The summed E-state index contributed by atoms with van der Waals surface area (Å²) in [6.45, 7) is 9.32. The maximum atomic E-state index is 12.2. The molecular formula is C25H40N2O4. The Hall–Kier alpha value is -1.92. The summed E-state index contributed by atoms with van der Waals surface area (Å²) in [7, 11) is 3.21. The topological polar surface area (TPSA) is 90.7 Å². The van der Waals surface area contributed by atoms with E-state index in [0.29, 0.717) is 18.0 Å². The van der Waals surface area contributed by atoms with Gasteiger partial charge in [-0.25, -0.2) is 0 Å². The number of hydrogen-bond acceptors (Lipinski definition) is 5. The fraction of sp³-hybridized carbons (Fsp3) is 0.680. The van der Waals surface area contributed by atoms with Crippen molar-refractivity contribution in [3.05, 3.63) is 34.9 Å². The van der Waals surface area contributed by atoms with Crippen LogP contribution in [0.25, 0.3) is 0 Å². The number of carbonyl (C=O) groups is 2. The number of benzene rings is 1. The van der Waals surface area contributed by atoms with Crippen LogP contribution in [-0.4, -0.2) is 44.8 Å². The Labute approximate surface area is 187 Å². The molecule has 0 unspecified atom stereocenters. The molecule has 6 nitrogen and oxygen atoms in total. The zero-order chi connectivity index (χ0) is 23.2. The van der Waals surface area contributed by atoms with Gasteiger partial charge in [-0.15, -0.1) is 0 Å². The molecule has 3 atom stereocenters. The fourth-order valence-electron chi connectivity index (χ4n) is 5.33. The van der Waals surface area contributed by atoms with Crippen molar-refractivity contribution < 1.29 is 19.1 Å². The zero-order valence-corrected chi connectivity index (χ0v) is 20.0. The van der Waals surface area contributed by atoms with Gasteiger partial charge < -0.3 is 20.5 Å². The number of methoxy groups -OCH3 is 2. The van der Waals surface area contributed by atoms with Crippen molar-refractivity contribution in [2.45, 2.75) is 77.4 Å². The molecule has 1 aliphatic carbocycles. The maximum Gasteiger partial charge on any atom is 0.308 e. The monoisotopic (exact) mass is 432 g/mol. The molecule has 0 aliphatic heterocycles. The number of esters is 1. The smallest absolute Gasteiger partial charge is 0.308 e. The standard InChI is InChI=1S/C25H40N2O4/c1-7-25(8-2)20-14-18(23(26)28)10-9-17(20)15-21(30-5)22(25)27-12-11-19(13-16(3)4)24(29)31-6/h9-10,14,16,19,21-22,27H,7-8,11-13,15H2,1-6H3,(H2,26,28)/t19-,21+,22-/m1/s1. The third kappa shape index (κ3) is 5.47. The molecule has 3 N–H and O–H groups in total. The van der Waals surface area contributed by atoms with Gasteiger partial charge in [0.2, 0.25) is 5.91 Å². The van der Waals surface area contributed by atoms with Crippen molar-refractivity contribution in [1.82, 2.24) is 5.32 Å². The third-order valence-corrected chi connectivity index (χ3v) is 7.03. The number of amides is 1. The maximum absolute atomic E-state index is 12.2. The first-order valence-corrected chi connectivity index (χ1v) is 11.5. The predicted molar refractivity (Wildman–Crippen MR) is 123 cm³/mol. The van der Waals surface area contributed by atoms with E-state index in [9.17, 15) is 9.59 Å². The lowest BCUT2D eigenvalue weighted by Crippen LogP contribution is -2.59. The lowest BCUT2D eigenvalue weighted by atomic mass is 9.62. The van der Waals surface area contributed by atoms with Crippen molar-refractivity contribution in [1.29, 1.82) is 0 Å². The van der Waals surface area contributed by atoms with Crippen LogP contribution < -0.4 is 11.1 Å². The molecule has 1 aliphatic rings. The largest absolute Gasteiger partial charge is 0.469 e. The summed E-state index contributed by atoms with van der Waals surface area (Å²) in [5.74, 6) is -0.239. The summed E-state index contributed by atoms with van der Waals surface area (Å²) in [6, 6.07) is 5.87. The lowest BCUT2D eigenvalue weighted by molar-refractivity contribution is -0.146. The molecule has 6 heteroatoms. The summed E-state index contributed by atoms with van der Waals surface area (Å²) in [4.78, 5) is 24.1. The van der Waals surface area contributed by atoms with E-state index >= 15 is 0 Å². The highest BCUT2D eigenvalue weighted by Crippen LogP contribution is 2.44. The van der Waals surface area contributed by atoms with Crippen LogP contribution in [0.1, 0.15) is 74.9 Å². The molecule has 0 radical (unpaired) electrons. The fourth-order valence-corrected chi connectivity index (χ4v) is 5.33. The van der Waals surface area contributed by atoms with Crippen LogP contribution in [0.4, 0.5) is 0 Å². The van der Waals surface area contributed by atoms with Gasteiger partial charge in [-0.2, -0.15) is 0 Å². The van der Waals surface area contributed by atoms with Crippen LogP contribution in [-0.2, 0) is 26.1 Å². The molecule has 0 fully saturated rings. The van der Waals surface area contributed by atoms with E-state index in [1.54, 1.807) is 7.11 Å². The number of rotatable bonds is 11. The number of primary amides is 1. The number of ether oxygens (including phenoxy) is 2. The first-order valence-electron chi connectivity index (χ1n) is 11.5. The summed E-state index contributed by atoms with van der Waals surface area (Å²) in [5.41, 5.74) is 8.34. The molecule has 1 aromatic carbocycles. The molecule has 0 aromatic heterocycles. The summed E-state index contributed by atoms with van der Waals surface area (Å²) >= 11 is 0. The van der Waals surface area contributed by atoms with Crippen molar-refractivity contribution in [2.75, 3.05) is 20.8 Å². The van der Waals surface area contributed by atoms with Gasteiger partial charge in [-0.1, -0.05) is 33.8 Å². The normalized spacial score (nSPS) is 20.9. The van der Waals surface area contributed by atoms with Gasteiger partial charge in [0.05, 0.1) is 19.1 Å². The Morgan fingerprint density at radius 1 is 1.23 bits per heavy atom. The van der Waals surface area contributed by atoms with Gasteiger partial charge >= 0.3 is 5.97 Å². The minimum atomic E-state index is -0.406. The van der Waals surface area contributed by atoms with E-state index in [1.165, 1.54) is 18.2 Å². The van der Waals surface area contributed by atoms with Gasteiger partial charge in [-0.3, -0.25) is 9.59 Å². The number of nitrogens with two attached hydrogens (primary N) is 1. The molecule has 31 heavy (non-hydrogen) atoms. The second-order valence-electron chi connectivity index (χ2n) is 9.15. The molecule has 0 saturated heterocycles. The highest BCUT2D eigenvalue weighted by atomic mass is 16.5. The molecule has 174 valence electrons. The summed E-state index contributed by atoms with van der Waals surface area (Å²) in [6.07, 6.45) is 4.12. The predicted octanol–water partition coefficient (Wildman–Crippen LogP) is 3.60. The molecule has 0 spiro atoms. The molecule has 1 aromatic rings. The van der Waals surface area contributed by atoms with Crippen LogP contribution in [0, 0.1) is 11.8 Å². The molecule has 2 rings (SSSR count). The van der Waals surface area contributed by atoms with E-state index in [4.69, 9.17) is 15.2 Å². The second-order valence-corrected chi connectivity index (χ2v) is 9.15. The Balaban J connectivity index is 2.32. The molecular weight excluding hydrogens is 392 g/mol. The summed E-state index contributed by atoms with van der Waals surface area (Å²) in [5, 5.41) is 3.74. The first-order chi connectivity index (χ1) is 14.7. The zero-order valence-electron chi connectivity index (χ0n) is 20.0. The van der Waals surface area contributed by atoms with Crippen molar-refractivity contribution >= 4 is 11.9 Å². The van der Waals surface area contributed by atoms with Crippen LogP contribution in [0.5, 0.6) is 0 Å². The van der Waals surface area contributed by atoms with Gasteiger partial charge in [0.1, 0.15) is 0 Å². The highest BCUT2D eigenvalue weighted by molar-refractivity contribution is 5.93. The van der Waals surface area contributed by atoms with Crippen molar-refractivity contribution in [2.24, 2.45) is 17.6 Å². The number of nitrogens with one attached hydrogen (secondary N) is 1. The van der Waals surface area contributed by atoms with E-state index in [-0.39, 0.29) is 29.4 Å². The Morgan fingerprint density at radius 2 is 1.90 bits per heavy atom. The van der Waals surface area contributed by atoms with E-state index in [0.717, 1.165) is 32.1 Å². The van der Waals surface area contributed by atoms with Gasteiger partial charge in [0.25, 0.3) is 0 Å². The van der Waals surface area contributed by atoms with Crippen LogP contribution in [0.2, 0.25) is 0 Å². The van der Waals surface area contributed by atoms with Crippen LogP contribution in [0.15, 0.2) is 18.2 Å². The minimum Gasteiger partial charge on any atom is -0.469 e. The van der Waals surface area contributed by atoms with Crippen LogP contribution >= 0.6 is 0 Å². The van der Waals surface area contributed by atoms with Gasteiger partial charge in [0.15, 0.2) is 0 Å². The summed E-state index contributed by atoms with van der Waals surface area (Å²) < 4.78 is 11.0. The van der Waals surface area contributed by atoms with E-state index < -0.39 is 5.91 Å². The first kappa shape index (κ1) is 25.3. The van der Waals surface area contributed by atoms with E-state index in [1.807, 2.05) is 18.2 Å². The number of fused-ring (bicyclic) bond motifs is 1. The van der Waals surface area contributed by atoms with Gasteiger partial charge in [0, 0.05) is 30.6 Å². The minimum absolute atomic E-state index is 0.00787. The molecule has 0 bridgehead atoms. The Kier molecular flexibility index (Phi) is 9.07. The molecule has 0 heterocycles. The van der Waals surface area contributed by atoms with E-state index in [2.05, 4.69) is 33.0 Å². The third-order valence-electron chi connectivity index (χ3n) is 7.03. The molecule has 0 saturated carbocycles. The molecule has 1 amide bonds. The Morgan fingerprint density at radius 3 is 2.42 bits per heavy atom. The SMILES string of the molecule is CCC1(CC)c2cc(C(N)=O)ccc2C[C@H](OC)[C@H]1NCC[C@H](CC(C)C)C(=O)OC. The quantitative estimate of drug-likeness (QED) is 0.522. The van der Waals surface area contributed by atoms with Crippen molar-refractivity contribution in [3.8, 4) is 0 Å². The second kappa shape index (κ2) is 11.1. The van der Waals surface area contributed by atoms with Crippen LogP contribution in [0.3, 0.4) is 0 Å². The Bertz CT molecular complexity index is 758. The average Bonchev–Trinajstić information content (AvgIpc) is 2.76. The van der Waals surface area contributed by atoms with Gasteiger partial charge in [-0.05, 0) is 61.4 Å². The number of carbonyl (C=O) groups excluding carboxylic acids is 2.